The number of nitrogens with one attached hydrogen (secondary N) is 1. The van der Waals surface area contributed by atoms with Crippen LogP contribution in [0.5, 0.6) is 0 Å². The van der Waals surface area contributed by atoms with Crippen molar-refractivity contribution in [3.8, 4) is 0 Å². The first-order valence-electron chi connectivity index (χ1n) is 8.69. The summed E-state index contributed by atoms with van der Waals surface area (Å²) in [5.41, 5.74) is 1.64. The van der Waals surface area contributed by atoms with Crippen LogP contribution in [0, 0.1) is 0 Å². The average Bonchev–Trinajstić information content (AvgIpc) is 2.94. The second kappa shape index (κ2) is 8.68. The van der Waals surface area contributed by atoms with Gasteiger partial charge in [-0.05, 0) is 24.3 Å². The number of aromatic amines is 1. The normalized spacial score (nSPS) is 13.0. The van der Waals surface area contributed by atoms with E-state index in [-0.39, 0.29) is 22.1 Å². The van der Waals surface area contributed by atoms with Crippen molar-refractivity contribution in [2.24, 2.45) is 0 Å². The summed E-state index contributed by atoms with van der Waals surface area (Å²) in [4.78, 5) is 24.6. The maximum atomic E-state index is 12.7. The van der Waals surface area contributed by atoms with Gasteiger partial charge >= 0.3 is 5.69 Å². The van der Waals surface area contributed by atoms with E-state index >= 15 is 0 Å². The molecule has 0 spiro atoms. The fourth-order valence-corrected chi connectivity index (χ4v) is 3.50. The molecule has 2 rings (SSSR count). The molecule has 142 valence electrons. The van der Waals surface area contributed by atoms with Gasteiger partial charge in [-0.25, -0.2) is 9.89 Å². The van der Waals surface area contributed by atoms with Crippen LogP contribution in [0.3, 0.4) is 0 Å². The number of Topliss-reactive ketones (excluding diaryl/α,β-unsaturated/α-hetero) is 1. The van der Waals surface area contributed by atoms with E-state index in [9.17, 15) is 9.59 Å². The first-order valence-corrected chi connectivity index (χ1v) is 9.57. The summed E-state index contributed by atoms with van der Waals surface area (Å²) >= 11 is 1.29. The molecule has 0 aliphatic rings. The van der Waals surface area contributed by atoms with Crippen LogP contribution in [0.2, 0.25) is 0 Å². The van der Waals surface area contributed by atoms with E-state index in [2.05, 4.69) is 31.0 Å². The number of carbonyl (C=O) groups excluding carboxylic acids is 1. The summed E-state index contributed by atoms with van der Waals surface area (Å²) in [5, 5.41) is 6.69. The molecule has 0 saturated carbocycles. The maximum Gasteiger partial charge on any atom is 0.343 e. The highest BCUT2D eigenvalue weighted by molar-refractivity contribution is 8.00. The van der Waals surface area contributed by atoms with E-state index in [1.807, 2.05) is 31.2 Å². The van der Waals surface area contributed by atoms with Crippen LogP contribution in [-0.2, 0) is 16.7 Å². The SMILES string of the molecule is COCCCn1c(SC(C)C(=O)c2ccc(C(C)(C)C)cc2)n[nH]c1=O. The molecule has 0 radical (unpaired) electrons. The lowest BCUT2D eigenvalue weighted by Crippen LogP contribution is -2.20. The van der Waals surface area contributed by atoms with E-state index in [0.29, 0.717) is 30.3 Å². The lowest BCUT2D eigenvalue weighted by Gasteiger charge is -2.19. The van der Waals surface area contributed by atoms with Crippen LogP contribution in [0.1, 0.15) is 50.0 Å². The van der Waals surface area contributed by atoms with Crippen LogP contribution in [-0.4, -0.2) is 39.5 Å². The van der Waals surface area contributed by atoms with Gasteiger partial charge in [-0.15, -0.1) is 5.10 Å². The third-order valence-corrected chi connectivity index (χ3v) is 5.23. The van der Waals surface area contributed by atoms with Crippen LogP contribution in [0.25, 0.3) is 0 Å². The lowest BCUT2D eigenvalue weighted by atomic mass is 9.86. The van der Waals surface area contributed by atoms with Crippen LogP contribution in [0.15, 0.2) is 34.2 Å². The zero-order valence-corrected chi connectivity index (χ0v) is 16.9. The molecule has 1 atom stereocenters. The Morgan fingerprint density at radius 2 is 1.96 bits per heavy atom. The molecule has 0 aliphatic carbocycles. The van der Waals surface area contributed by atoms with Gasteiger partial charge in [0.1, 0.15) is 0 Å². The number of methoxy groups -OCH3 is 1. The molecule has 1 aromatic heterocycles. The molecule has 1 N–H and O–H groups in total. The van der Waals surface area contributed by atoms with E-state index in [1.54, 1.807) is 11.7 Å². The molecule has 0 saturated heterocycles. The molecule has 6 nitrogen and oxygen atoms in total. The predicted octanol–water partition coefficient (Wildman–Crippen LogP) is 3.27. The van der Waals surface area contributed by atoms with Crippen molar-refractivity contribution in [2.45, 2.75) is 56.5 Å². The number of hydrogen-bond acceptors (Lipinski definition) is 5. The van der Waals surface area contributed by atoms with Crippen molar-refractivity contribution >= 4 is 17.5 Å². The summed E-state index contributed by atoms with van der Waals surface area (Å²) in [7, 11) is 1.62. The van der Waals surface area contributed by atoms with Gasteiger partial charge in [0.15, 0.2) is 10.9 Å². The summed E-state index contributed by atoms with van der Waals surface area (Å²) in [6.07, 6.45) is 0.708. The number of ether oxygens (including phenoxy) is 1. The Bertz CT molecular complexity index is 788. The minimum Gasteiger partial charge on any atom is -0.385 e. The summed E-state index contributed by atoms with van der Waals surface area (Å²) in [6, 6.07) is 7.74. The van der Waals surface area contributed by atoms with Gasteiger partial charge in [-0.3, -0.25) is 9.36 Å². The average molecular weight is 378 g/mol. The molecule has 2 aromatic rings. The molecule has 7 heteroatoms. The second-order valence-electron chi connectivity index (χ2n) is 7.26. The fourth-order valence-electron chi connectivity index (χ4n) is 2.54. The summed E-state index contributed by atoms with van der Waals surface area (Å²) < 4.78 is 6.58. The van der Waals surface area contributed by atoms with Crippen molar-refractivity contribution in [3.05, 3.63) is 45.9 Å². The van der Waals surface area contributed by atoms with E-state index in [4.69, 9.17) is 4.74 Å². The number of thioether (sulfide) groups is 1. The Morgan fingerprint density at radius 1 is 1.31 bits per heavy atom. The zero-order chi connectivity index (χ0) is 19.3. The van der Waals surface area contributed by atoms with Crippen LogP contribution in [0.4, 0.5) is 0 Å². The molecular weight excluding hydrogens is 350 g/mol. The minimum absolute atomic E-state index is 0.0225. The van der Waals surface area contributed by atoms with Crippen molar-refractivity contribution in [1.82, 2.24) is 14.8 Å². The number of nitrogens with zero attached hydrogens (tertiary/aromatic N) is 2. The molecule has 1 heterocycles. The first-order chi connectivity index (χ1) is 12.2. The third-order valence-electron chi connectivity index (χ3n) is 4.14. The number of hydrogen-bond donors (Lipinski definition) is 1. The summed E-state index contributed by atoms with van der Waals surface area (Å²) in [6.45, 7) is 9.33. The fraction of sp³-hybridized carbons (Fsp3) is 0.526. The molecule has 0 aliphatic heterocycles. The Labute approximate surface area is 158 Å². The smallest absolute Gasteiger partial charge is 0.343 e. The first kappa shape index (κ1) is 20.5. The lowest BCUT2D eigenvalue weighted by molar-refractivity contribution is 0.0993. The number of ketones is 1. The second-order valence-corrected chi connectivity index (χ2v) is 8.57. The number of rotatable bonds is 8. The van der Waals surface area contributed by atoms with E-state index < -0.39 is 0 Å². The van der Waals surface area contributed by atoms with Gasteiger partial charge in [0.2, 0.25) is 0 Å². The zero-order valence-electron chi connectivity index (χ0n) is 16.0. The van der Waals surface area contributed by atoms with Crippen molar-refractivity contribution in [1.29, 1.82) is 0 Å². The highest BCUT2D eigenvalue weighted by Crippen LogP contribution is 2.26. The molecule has 0 bridgehead atoms. The topological polar surface area (TPSA) is 77.0 Å². The Morgan fingerprint density at radius 3 is 2.54 bits per heavy atom. The third kappa shape index (κ3) is 5.08. The highest BCUT2D eigenvalue weighted by Gasteiger charge is 2.21. The Kier molecular flexibility index (Phi) is 6.83. The van der Waals surface area contributed by atoms with Gasteiger partial charge in [0, 0.05) is 25.8 Å². The van der Waals surface area contributed by atoms with E-state index in [1.165, 1.54) is 17.3 Å². The molecule has 0 amide bonds. The van der Waals surface area contributed by atoms with Crippen LogP contribution < -0.4 is 5.69 Å². The largest absolute Gasteiger partial charge is 0.385 e. The Hall–Kier alpha value is -1.86. The maximum absolute atomic E-state index is 12.7. The standard InChI is InChI=1S/C19H27N3O3S/c1-13(16(23)14-7-9-15(10-8-14)19(2,3)4)26-18-21-20-17(24)22(18)11-6-12-25-5/h7-10,13H,6,11-12H2,1-5H3,(H,20,24). The van der Waals surface area contributed by atoms with Gasteiger partial charge in [0.25, 0.3) is 0 Å². The van der Waals surface area contributed by atoms with Crippen molar-refractivity contribution < 1.29 is 9.53 Å². The molecule has 1 aromatic carbocycles. The highest BCUT2D eigenvalue weighted by atomic mass is 32.2. The minimum atomic E-state index is -0.341. The van der Waals surface area contributed by atoms with Crippen molar-refractivity contribution in [2.75, 3.05) is 13.7 Å². The molecule has 0 fully saturated rings. The number of aromatic nitrogens is 3. The predicted molar refractivity (Wildman–Crippen MR) is 104 cm³/mol. The molecule has 1 unspecified atom stereocenters. The number of carbonyl (C=O) groups is 1. The molecule has 26 heavy (non-hydrogen) atoms. The monoisotopic (exact) mass is 377 g/mol. The van der Waals surface area contributed by atoms with Crippen LogP contribution >= 0.6 is 11.8 Å². The summed E-state index contributed by atoms with van der Waals surface area (Å²) in [5.74, 6) is 0.0225. The van der Waals surface area contributed by atoms with E-state index in [0.717, 1.165) is 0 Å². The van der Waals surface area contributed by atoms with Crippen molar-refractivity contribution in [3.63, 3.8) is 0 Å². The van der Waals surface area contributed by atoms with Gasteiger partial charge in [0.05, 0.1) is 5.25 Å². The Balaban J connectivity index is 2.09. The van der Waals surface area contributed by atoms with Gasteiger partial charge < -0.3 is 4.74 Å². The van der Waals surface area contributed by atoms with Gasteiger partial charge in [-0.1, -0.05) is 56.8 Å². The quantitative estimate of drug-likeness (QED) is 0.434. The number of benzene rings is 1. The van der Waals surface area contributed by atoms with Gasteiger partial charge in [-0.2, -0.15) is 0 Å². The number of H-pyrrole nitrogens is 1. The molecular formula is C19H27N3O3S.